The van der Waals surface area contributed by atoms with Crippen molar-refractivity contribution >= 4 is 0 Å². The second-order valence-electron chi connectivity index (χ2n) is 7.36. The number of nitrogens with zero attached hydrogens (tertiary/aromatic N) is 1. The molecule has 2 saturated heterocycles. The first-order valence-electron chi connectivity index (χ1n) is 7.51. The van der Waals surface area contributed by atoms with Crippen LogP contribution >= 0.6 is 0 Å². The topological polar surface area (TPSA) is 21.7 Å². The van der Waals surface area contributed by atoms with Crippen LogP contribution in [0.25, 0.3) is 0 Å². The van der Waals surface area contributed by atoms with Gasteiger partial charge in [-0.3, -0.25) is 4.90 Å². The number of ether oxygens (including phenoxy) is 2. The van der Waals surface area contributed by atoms with E-state index in [1.54, 1.807) is 0 Å². The molecule has 0 atom stereocenters. The maximum atomic E-state index is 5.80. The van der Waals surface area contributed by atoms with Crippen LogP contribution in [0.4, 0.5) is 0 Å². The van der Waals surface area contributed by atoms with Crippen LogP contribution in [0, 0.1) is 11.3 Å². The lowest BCUT2D eigenvalue weighted by Gasteiger charge is -2.51. The number of hydrogen-bond donors (Lipinski definition) is 0. The van der Waals surface area contributed by atoms with Gasteiger partial charge < -0.3 is 9.47 Å². The van der Waals surface area contributed by atoms with Crippen molar-refractivity contribution in [3.8, 4) is 0 Å². The van der Waals surface area contributed by atoms with Crippen LogP contribution in [0.5, 0.6) is 0 Å². The number of likely N-dealkylation sites (tertiary alicyclic amines) is 1. The van der Waals surface area contributed by atoms with Crippen molar-refractivity contribution in [2.75, 3.05) is 26.3 Å². The summed E-state index contributed by atoms with van der Waals surface area (Å²) in [5, 5.41) is 0. The molecule has 0 bridgehead atoms. The van der Waals surface area contributed by atoms with E-state index in [2.05, 4.69) is 25.7 Å². The molecule has 3 fully saturated rings. The van der Waals surface area contributed by atoms with Gasteiger partial charge in [0.25, 0.3) is 0 Å². The molecule has 0 radical (unpaired) electrons. The molecule has 2 heterocycles. The quantitative estimate of drug-likeness (QED) is 0.717. The van der Waals surface area contributed by atoms with E-state index in [1.807, 2.05) is 0 Å². The van der Waals surface area contributed by atoms with Crippen molar-refractivity contribution in [3.63, 3.8) is 0 Å². The fourth-order valence-electron chi connectivity index (χ4n) is 3.55. The molecular weight excluding hydrogens is 226 g/mol. The van der Waals surface area contributed by atoms with Crippen LogP contribution in [0.2, 0.25) is 0 Å². The van der Waals surface area contributed by atoms with Gasteiger partial charge in [0.15, 0.2) is 5.79 Å². The zero-order chi connectivity index (χ0) is 12.8. The van der Waals surface area contributed by atoms with E-state index >= 15 is 0 Å². The molecular formula is C15H27NO2. The smallest absolute Gasteiger partial charge is 0.168 e. The van der Waals surface area contributed by atoms with Gasteiger partial charge >= 0.3 is 0 Å². The predicted molar refractivity (Wildman–Crippen MR) is 71.4 cm³/mol. The van der Waals surface area contributed by atoms with Crippen LogP contribution in [0.3, 0.4) is 0 Å². The summed E-state index contributed by atoms with van der Waals surface area (Å²) in [4.78, 5) is 2.68. The Morgan fingerprint density at radius 2 is 1.56 bits per heavy atom. The molecule has 3 aliphatic rings. The first-order chi connectivity index (χ1) is 8.49. The molecule has 1 spiro atoms. The Balaban J connectivity index is 1.47. The summed E-state index contributed by atoms with van der Waals surface area (Å²) in [7, 11) is 0. The summed E-state index contributed by atoms with van der Waals surface area (Å²) >= 11 is 0. The minimum atomic E-state index is -0.190. The van der Waals surface area contributed by atoms with Gasteiger partial charge in [0.2, 0.25) is 0 Å². The average Bonchev–Trinajstić information content (AvgIpc) is 2.66. The van der Waals surface area contributed by atoms with Gasteiger partial charge in [-0.25, -0.2) is 0 Å². The molecule has 3 nitrogen and oxygen atoms in total. The predicted octanol–water partition coefficient (Wildman–Crippen LogP) is 2.65. The summed E-state index contributed by atoms with van der Waals surface area (Å²) in [6.45, 7) is 11.3. The van der Waals surface area contributed by atoms with Crippen LogP contribution in [-0.2, 0) is 9.47 Å². The highest BCUT2D eigenvalue weighted by Crippen LogP contribution is 2.41. The number of hydrogen-bond acceptors (Lipinski definition) is 3. The van der Waals surface area contributed by atoms with E-state index in [0.29, 0.717) is 5.41 Å². The SMILES string of the molecule is CC(C)(C)C1CN(C2CCC3(CC2)OCCO3)C1. The molecule has 1 aliphatic carbocycles. The third kappa shape index (κ3) is 2.33. The second kappa shape index (κ2) is 4.46. The van der Waals surface area contributed by atoms with Crippen molar-refractivity contribution in [1.29, 1.82) is 0 Å². The maximum absolute atomic E-state index is 5.80. The maximum Gasteiger partial charge on any atom is 0.168 e. The molecule has 0 aromatic carbocycles. The van der Waals surface area contributed by atoms with Crippen molar-refractivity contribution in [1.82, 2.24) is 4.90 Å². The van der Waals surface area contributed by atoms with Crippen LogP contribution in [-0.4, -0.2) is 43.0 Å². The van der Waals surface area contributed by atoms with Gasteiger partial charge in [0, 0.05) is 32.0 Å². The standard InChI is InChI=1S/C15H27NO2/c1-14(2,3)12-10-16(11-12)13-4-6-15(7-5-13)17-8-9-18-15/h12-13H,4-11H2,1-3H3. The van der Waals surface area contributed by atoms with Gasteiger partial charge in [0.05, 0.1) is 13.2 Å². The molecule has 0 N–H and O–H groups in total. The molecule has 3 rings (SSSR count). The molecule has 18 heavy (non-hydrogen) atoms. The van der Waals surface area contributed by atoms with Crippen molar-refractivity contribution < 1.29 is 9.47 Å². The summed E-state index contributed by atoms with van der Waals surface area (Å²) in [6.07, 6.45) is 4.68. The Bertz CT molecular complexity index is 288. The highest BCUT2D eigenvalue weighted by molar-refractivity contribution is 4.94. The third-order valence-corrected chi connectivity index (χ3v) is 5.18. The van der Waals surface area contributed by atoms with E-state index in [4.69, 9.17) is 9.47 Å². The molecule has 0 aromatic rings. The normalized spacial score (nSPS) is 30.8. The fraction of sp³-hybridized carbons (Fsp3) is 1.00. The minimum Gasteiger partial charge on any atom is -0.348 e. The summed E-state index contributed by atoms with van der Waals surface area (Å²) in [6, 6.07) is 0.780. The molecule has 0 amide bonds. The molecule has 1 saturated carbocycles. The van der Waals surface area contributed by atoms with Gasteiger partial charge in [-0.2, -0.15) is 0 Å². The highest BCUT2D eigenvalue weighted by Gasteiger charge is 2.45. The first kappa shape index (κ1) is 12.9. The van der Waals surface area contributed by atoms with Gasteiger partial charge in [-0.1, -0.05) is 20.8 Å². The Hall–Kier alpha value is -0.120. The second-order valence-corrected chi connectivity index (χ2v) is 7.36. The summed E-state index contributed by atoms with van der Waals surface area (Å²) in [5.74, 6) is 0.692. The van der Waals surface area contributed by atoms with E-state index in [1.165, 1.54) is 25.9 Å². The van der Waals surface area contributed by atoms with Crippen molar-refractivity contribution in [2.24, 2.45) is 11.3 Å². The highest BCUT2D eigenvalue weighted by atomic mass is 16.7. The van der Waals surface area contributed by atoms with Gasteiger partial charge in [-0.05, 0) is 24.2 Å². The summed E-state index contributed by atoms with van der Waals surface area (Å²) < 4.78 is 11.6. The Morgan fingerprint density at radius 1 is 1.00 bits per heavy atom. The van der Waals surface area contributed by atoms with E-state index in [-0.39, 0.29) is 5.79 Å². The first-order valence-corrected chi connectivity index (χ1v) is 7.51. The average molecular weight is 253 g/mol. The molecule has 0 aromatic heterocycles. The third-order valence-electron chi connectivity index (χ3n) is 5.18. The Labute approximate surface area is 111 Å². The van der Waals surface area contributed by atoms with Crippen LogP contribution < -0.4 is 0 Å². The van der Waals surface area contributed by atoms with E-state index in [0.717, 1.165) is 38.0 Å². The molecule has 104 valence electrons. The Morgan fingerprint density at radius 3 is 2.06 bits per heavy atom. The largest absolute Gasteiger partial charge is 0.348 e. The number of rotatable bonds is 1. The zero-order valence-corrected chi connectivity index (χ0v) is 12.1. The monoisotopic (exact) mass is 253 g/mol. The lowest BCUT2D eigenvalue weighted by molar-refractivity contribution is -0.188. The fourth-order valence-corrected chi connectivity index (χ4v) is 3.55. The Kier molecular flexibility index (Phi) is 3.20. The summed E-state index contributed by atoms with van der Waals surface area (Å²) in [5.41, 5.74) is 0.476. The van der Waals surface area contributed by atoms with Crippen molar-refractivity contribution in [2.45, 2.75) is 58.3 Å². The van der Waals surface area contributed by atoms with Gasteiger partial charge in [0.1, 0.15) is 0 Å². The minimum absolute atomic E-state index is 0.190. The van der Waals surface area contributed by atoms with E-state index in [9.17, 15) is 0 Å². The van der Waals surface area contributed by atoms with Gasteiger partial charge in [-0.15, -0.1) is 0 Å². The lowest BCUT2D eigenvalue weighted by atomic mass is 9.74. The molecule has 2 aliphatic heterocycles. The lowest BCUT2D eigenvalue weighted by Crippen LogP contribution is -2.57. The molecule has 0 unspecified atom stereocenters. The molecule has 3 heteroatoms. The van der Waals surface area contributed by atoms with Crippen LogP contribution in [0.15, 0.2) is 0 Å². The van der Waals surface area contributed by atoms with Crippen molar-refractivity contribution in [3.05, 3.63) is 0 Å². The van der Waals surface area contributed by atoms with Crippen LogP contribution in [0.1, 0.15) is 46.5 Å². The van der Waals surface area contributed by atoms with E-state index < -0.39 is 0 Å². The zero-order valence-electron chi connectivity index (χ0n) is 12.1.